The lowest BCUT2D eigenvalue weighted by molar-refractivity contribution is 0.0643. The third kappa shape index (κ3) is 3.21. The van der Waals surface area contributed by atoms with Crippen LogP contribution in [-0.4, -0.2) is 61.7 Å². The summed E-state index contributed by atoms with van der Waals surface area (Å²) in [5.74, 6) is 0.852. The van der Waals surface area contributed by atoms with Gasteiger partial charge in [-0.3, -0.25) is 4.90 Å². The van der Waals surface area contributed by atoms with Gasteiger partial charge in [0.05, 0.1) is 0 Å². The van der Waals surface area contributed by atoms with Crippen LogP contribution < -0.4 is 5.32 Å². The van der Waals surface area contributed by atoms with E-state index in [1.807, 2.05) is 0 Å². The zero-order valence-electron chi connectivity index (χ0n) is 11.8. The first-order valence-electron chi connectivity index (χ1n) is 7.37. The van der Waals surface area contributed by atoms with Crippen molar-refractivity contribution in [3.8, 4) is 0 Å². The Morgan fingerprint density at radius 1 is 1.24 bits per heavy atom. The predicted octanol–water partition coefficient (Wildman–Crippen LogP) is 1.40. The molecule has 100 valence electrons. The summed E-state index contributed by atoms with van der Waals surface area (Å²) in [4.78, 5) is 5.25. The zero-order valence-corrected chi connectivity index (χ0v) is 11.8. The molecule has 2 fully saturated rings. The molecular weight excluding hydrogens is 210 g/mol. The Balaban J connectivity index is 1.85. The first-order valence-corrected chi connectivity index (χ1v) is 7.37. The van der Waals surface area contributed by atoms with E-state index in [0.29, 0.717) is 0 Å². The van der Waals surface area contributed by atoms with E-state index < -0.39 is 0 Å². The molecular formula is C14H29N3. The number of likely N-dealkylation sites (tertiary alicyclic amines) is 1. The Kier molecular flexibility index (Phi) is 4.83. The Morgan fingerprint density at radius 2 is 1.94 bits per heavy atom. The molecule has 2 aliphatic heterocycles. The van der Waals surface area contributed by atoms with Crippen molar-refractivity contribution < 1.29 is 0 Å². The average Bonchev–Trinajstić information content (AvgIpc) is 2.39. The van der Waals surface area contributed by atoms with Gasteiger partial charge in [0.25, 0.3) is 0 Å². The van der Waals surface area contributed by atoms with Gasteiger partial charge in [0, 0.05) is 18.6 Å². The molecule has 2 atom stereocenters. The van der Waals surface area contributed by atoms with Crippen LogP contribution in [0.2, 0.25) is 0 Å². The van der Waals surface area contributed by atoms with E-state index in [9.17, 15) is 0 Å². The lowest BCUT2D eigenvalue weighted by atomic mass is 9.91. The average molecular weight is 239 g/mol. The molecule has 0 bridgehead atoms. The summed E-state index contributed by atoms with van der Waals surface area (Å²) in [6, 6.07) is 1.56. The predicted molar refractivity (Wildman–Crippen MR) is 73.3 cm³/mol. The smallest absolute Gasteiger partial charge is 0.0246 e. The number of likely N-dealkylation sites (N-methyl/N-ethyl adjacent to an activating group) is 1. The minimum absolute atomic E-state index is 0.752. The first-order chi connectivity index (χ1) is 8.22. The first kappa shape index (κ1) is 13.3. The fraction of sp³-hybridized carbons (Fsp3) is 1.00. The minimum Gasteiger partial charge on any atom is -0.315 e. The number of hydrogen-bond donors (Lipinski definition) is 1. The van der Waals surface area contributed by atoms with Crippen LogP contribution in [0.25, 0.3) is 0 Å². The molecule has 2 aliphatic rings. The molecule has 0 aromatic rings. The van der Waals surface area contributed by atoms with Gasteiger partial charge in [0.15, 0.2) is 0 Å². The van der Waals surface area contributed by atoms with Crippen LogP contribution in [0, 0.1) is 5.92 Å². The van der Waals surface area contributed by atoms with Gasteiger partial charge in [0.1, 0.15) is 0 Å². The number of nitrogens with one attached hydrogen (secondary N) is 1. The van der Waals surface area contributed by atoms with Crippen molar-refractivity contribution >= 4 is 0 Å². The van der Waals surface area contributed by atoms with E-state index in [2.05, 4.69) is 36.0 Å². The molecule has 1 N–H and O–H groups in total. The molecule has 17 heavy (non-hydrogen) atoms. The maximum Gasteiger partial charge on any atom is 0.0246 e. The van der Waals surface area contributed by atoms with Crippen LogP contribution in [0.4, 0.5) is 0 Å². The van der Waals surface area contributed by atoms with Crippen LogP contribution in [0.3, 0.4) is 0 Å². The van der Waals surface area contributed by atoms with E-state index in [4.69, 9.17) is 0 Å². The Labute approximate surface area is 107 Å². The second-order valence-electron chi connectivity index (χ2n) is 5.87. The van der Waals surface area contributed by atoms with Crippen molar-refractivity contribution in [2.24, 2.45) is 5.92 Å². The quantitative estimate of drug-likeness (QED) is 0.803. The van der Waals surface area contributed by atoms with E-state index in [1.54, 1.807) is 0 Å². The van der Waals surface area contributed by atoms with Crippen molar-refractivity contribution in [2.75, 3.05) is 39.8 Å². The topological polar surface area (TPSA) is 18.5 Å². The van der Waals surface area contributed by atoms with Crippen molar-refractivity contribution in [3.63, 3.8) is 0 Å². The van der Waals surface area contributed by atoms with Gasteiger partial charge in [-0.1, -0.05) is 13.8 Å². The fourth-order valence-electron chi connectivity index (χ4n) is 3.43. The minimum atomic E-state index is 0.752. The van der Waals surface area contributed by atoms with E-state index >= 15 is 0 Å². The second-order valence-corrected chi connectivity index (χ2v) is 5.87. The van der Waals surface area contributed by atoms with E-state index in [-0.39, 0.29) is 0 Å². The maximum atomic E-state index is 3.55. The molecule has 2 rings (SSSR count). The lowest BCUT2D eigenvalue weighted by Crippen LogP contribution is -2.54. The van der Waals surface area contributed by atoms with Crippen LogP contribution in [0.1, 0.15) is 33.1 Å². The lowest BCUT2D eigenvalue weighted by Gasteiger charge is -2.44. The summed E-state index contributed by atoms with van der Waals surface area (Å²) in [6.45, 7) is 10.9. The number of hydrogen-bond acceptors (Lipinski definition) is 3. The molecule has 2 unspecified atom stereocenters. The third-order valence-corrected chi connectivity index (χ3v) is 4.89. The Morgan fingerprint density at radius 3 is 2.53 bits per heavy atom. The highest BCUT2D eigenvalue weighted by Gasteiger charge is 2.30. The monoisotopic (exact) mass is 239 g/mol. The molecule has 0 amide bonds. The third-order valence-electron chi connectivity index (χ3n) is 4.89. The molecule has 3 heteroatoms. The molecule has 0 saturated carbocycles. The molecule has 0 aromatic carbocycles. The Hall–Kier alpha value is -0.120. The van der Waals surface area contributed by atoms with Gasteiger partial charge in [-0.25, -0.2) is 0 Å². The highest BCUT2D eigenvalue weighted by Crippen LogP contribution is 2.23. The Bertz CT molecular complexity index is 224. The van der Waals surface area contributed by atoms with Crippen LogP contribution in [-0.2, 0) is 0 Å². The molecule has 0 spiro atoms. The van der Waals surface area contributed by atoms with E-state index in [1.165, 1.54) is 52.0 Å². The normalized spacial score (nSPS) is 33.2. The van der Waals surface area contributed by atoms with Gasteiger partial charge in [-0.05, 0) is 58.4 Å². The largest absolute Gasteiger partial charge is 0.315 e. The van der Waals surface area contributed by atoms with E-state index in [0.717, 1.165) is 18.0 Å². The standard InChI is InChI=1S/C14H29N3/c1-4-17-9-6-13(7-10-17)16(3)14-11-15-8-5-12(14)2/h12-15H,4-11H2,1-3H3. The highest BCUT2D eigenvalue weighted by atomic mass is 15.2. The van der Waals surface area contributed by atoms with Gasteiger partial charge in [0.2, 0.25) is 0 Å². The fourth-order valence-corrected chi connectivity index (χ4v) is 3.43. The summed E-state index contributed by atoms with van der Waals surface area (Å²) in [7, 11) is 2.35. The van der Waals surface area contributed by atoms with Crippen LogP contribution in [0.15, 0.2) is 0 Å². The molecule has 0 radical (unpaired) electrons. The molecule has 0 aliphatic carbocycles. The summed E-state index contributed by atoms with van der Waals surface area (Å²) in [5.41, 5.74) is 0. The summed E-state index contributed by atoms with van der Waals surface area (Å²) in [6.07, 6.45) is 4.05. The van der Waals surface area contributed by atoms with Crippen molar-refractivity contribution in [2.45, 2.75) is 45.2 Å². The molecule has 2 heterocycles. The van der Waals surface area contributed by atoms with Gasteiger partial charge in [-0.15, -0.1) is 0 Å². The second kappa shape index (κ2) is 6.17. The SMILES string of the molecule is CCN1CCC(N(C)C2CNCCC2C)CC1. The molecule has 0 aromatic heterocycles. The van der Waals surface area contributed by atoms with Gasteiger partial charge >= 0.3 is 0 Å². The molecule has 2 saturated heterocycles. The van der Waals surface area contributed by atoms with Gasteiger partial charge in [-0.2, -0.15) is 0 Å². The highest BCUT2D eigenvalue weighted by molar-refractivity contribution is 4.87. The maximum absolute atomic E-state index is 3.55. The van der Waals surface area contributed by atoms with Crippen LogP contribution in [0.5, 0.6) is 0 Å². The van der Waals surface area contributed by atoms with Crippen LogP contribution >= 0.6 is 0 Å². The summed E-state index contributed by atoms with van der Waals surface area (Å²) in [5, 5.41) is 3.55. The van der Waals surface area contributed by atoms with Crippen molar-refractivity contribution in [1.82, 2.24) is 15.1 Å². The summed E-state index contributed by atoms with van der Waals surface area (Å²) >= 11 is 0. The summed E-state index contributed by atoms with van der Waals surface area (Å²) < 4.78 is 0. The van der Waals surface area contributed by atoms with Gasteiger partial charge < -0.3 is 10.2 Å². The van der Waals surface area contributed by atoms with Crippen molar-refractivity contribution in [3.05, 3.63) is 0 Å². The van der Waals surface area contributed by atoms with Crippen molar-refractivity contribution in [1.29, 1.82) is 0 Å². The number of nitrogens with zero attached hydrogens (tertiary/aromatic N) is 2. The zero-order chi connectivity index (χ0) is 12.3. The number of rotatable bonds is 3. The number of piperidine rings is 2. The molecule has 3 nitrogen and oxygen atoms in total.